The topological polar surface area (TPSA) is 102 Å². The fraction of sp³-hybridized carbons (Fsp3) is 0.400. The van der Waals surface area contributed by atoms with Crippen LogP contribution in [0.2, 0.25) is 0 Å². The van der Waals surface area contributed by atoms with Crippen LogP contribution in [0.4, 0.5) is 15.0 Å². The summed E-state index contributed by atoms with van der Waals surface area (Å²) >= 11 is 0. The van der Waals surface area contributed by atoms with Gasteiger partial charge in [-0.1, -0.05) is 6.07 Å². The maximum Gasteiger partial charge on any atom is 0.410 e. The lowest BCUT2D eigenvalue weighted by atomic mass is 9.97. The molecule has 0 unspecified atom stereocenters. The number of halogens is 1. The maximum absolute atomic E-state index is 14.8. The van der Waals surface area contributed by atoms with Gasteiger partial charge in [0.05, 0.1) is 12.2 Å². The second-order valence-corrected chi connectivity index (χ2v) is 9.42. The van der Waals surface area contributed by atoms with Crippen molar-refractivity contribution in [2.45, 2.75) is 52.1 Å². The van der Waals surface area contributed by atoms with Crippen molar-refractivity contribution >= 4 is 17.8 Å². The lowest BCUT2D eigenvalue weighted by Crippen LogP contribution is -2.36. The smallest absolute Gasteiger partial charge is 0.410 e. The van der Waals surface area contributed by atoms with Gasteiger partial charge in [-0.3, -0.25) is 4.79 Å². The van der Waals surface area contributed by atoms with E-state index in [2.05, 4.69) is 38.9 Å². The normalized spacial score (nSPS) is 15.9. The number of hydrogen-bond donors (Lipinski definition) is 1. The SMILES string of the molecule is CCOC(=O)N1CCc2cc(F)c(C(=O)Nc3cccc(-c4nnc5n4C(C)(C)CC5)n3)cc2C1. The van der Waals surface area contributed by atoms with Gasteiger partial charge in [0.1, 0.15) is 23.2 Å². The van der Waals surface area contributed by atoms with Gasteiger partial charge in [0, 0.05) is 25.0 Å². The quantitative estimate of drug-likeness (QED) is 0.610. The Kier molecular flexibility index (Phi) is 5.74. The molecule has 0 atom stereocenters. The van der Waals surface area contributed by atoms with Crippen LogP contribution >= 0.6 is 0 Å². The van der Waals surface area contributed by atoms with Crippen molar-refractivity contribution in [1.29, 1.82) is 0 Å². The number of pyridine rings is 1. The largest absolute Gasteiger partial charge is 0.450 e. The highest BCUT2D eigenvalue weighted by atomic mass is 19.1. The van der Waals surface area contributed by atoms with Gasteiger partial charge in [-0.15, -0.1) is 10.2 Å². The van der Waals surface area contributed by atoms with E-state index in [0.717, 1.165) is 29.8 Å². The standard InChI is InChI=1S/C25H27FN6O3/c1-4-35-24(34)31-11-9-15-13-18(26)17(12-16(15)14-31)23(33)28-20-7-5-6-19(27-20)22-30-29-21-8-10-25(2,3)32(21)22/h5-7,12-13H,4,8-11,14H2,1-3H3,(H,27,28,33). The third kappa shape index (κ3) is 4.24. The van der Waals surface area contributed by atoms with E-state index in [1.54, 1.807) is 24.0 Å². The Morgan fingerprint density at radius 2 is 2.00 bits per heavy atom. The molecule has 0 radical (unpaired) electrons. The Morgan fingerprint density at radius 3 is 2.80 bits per heavy atom. The highest BCUT2D eigenvalue weighted by Crippen LogP contribution is 2.35. The minimum Gasteiger partial charge on any atom is -0.450 e. The molecule has 2 aliphatic rings. The van der Waals surface area contributed by atoms with Crippen molar-refractivity contribution in [3.05, 3.63) is 58.7 Å². The van der Waals surface area contributed by atoms with E-state index in [9.17, 15) is 14.0 Å². The number of nitrogens with zero attached hydrogens (tertiary/aromatic N) is 5. The first-order valence-electron chi connectivity index (χ1n) is 11.7. The molecule has 2 aliphatic heterocycles. The van der Waals surface area contributed by atoms with Crippen LogP contribution in [-0.4, -0.2) is 49.8 Å². The van der Waals surface area contributed by atoms with E-state index in [-0.39, 0.29) is 30.1 Å². The van der Waals surface area contributed by atoms with Crippen molar-refractivity contribution in [3.63, 3.8) is 0 Å². The second kappa shape index (κ2) is 8.75. The first-order chi connectivity index (χ1) is 16.8. The Morgan fingerprint density at radius 1 is 1.17 bits per heavy atom. The Hall–Kier alpha value is -3.82. The number of benzene rings is 1. The monoisotopic (exact) mass is 478 g/mol. The zero-order valence-corrected chi connectivity index (χ0v) is 20.0. The molecule has 3 aromatic rings. The molecule has 182 valence electrons. The molecule has 0 saturated heterocycles. The highest BCUT2D eigenvalue weighted by molar-refractivity contribution is 6.04. The molecule has 2 amide bonds. The average Bonchev–Trinajstić information content (AvgIpc) is 3.39. The van der Waals surface area contributed by atoms with Crippen molar-refractivity contribution in [2.24, 2.45) is 0 Å². The lowest BCUT2D eigenvalue weighted by Gasteiger charge is -2.28. The van der Waals surface area contributed by atoms with Crippen LogP contribution in [0.15, 0.2) is 30.3 Å². The van der Waals surface area contributed by atoms with Gasteiger partial charge in [0.25, 0.3) is 5.91 Å². The highest BCUT2D eigenvalue weighted by Gasteiger charge is 2.34. The molecule has 2 aromatic heterocycles. The van der Waals surface area contributed by atoms with E-state index >= 15 is 0 Å². The molecular formula is C25H27FN6O3. The number of aromatic nitrogens is 4. The molecule has 1 aromatic carbocycles. The van der Waals surface area contributed by atoms with Crippen LogP contribution in [0.25, 0.3) is 11.5 Å². The molecular weight excluding hydrogens is 451 g/mol. The van der Waals surface area contributed by atoms with Crippen molar-refractivity contribution < 1.29 is 18.7 Å². The van der Waals surface area contributed by atoms with Gasteiger partial charge in [-0.25, -0.2) is 14.2 Å². The molecule has 4 heterocycles. The van der Waals surface area contributed by atoms with Crippen molar-refractivity contribution in [1.82, 2.24) is 24.6 Å². The van der Waals surface area contributed by atoms with Crippen LogP contribution in [0.3, 0.4) is 0 Å². The number of fused-ring (bicyclic) bond motifs is 2. The van der Waals surface area contributed by atoms with E-state index in [4.69, 9.17) is 4.74 Å². The Bertz CT molecular complexity index is 1320. The number of rotatable bonds is 4. The number of ether oxygens (including phenoxy) is 1. The predicted molar refractivity (Wildman–Crippen MR) is 126 cm³/mol. The molecule has 0 aliphatic carbocycles. The number of aryl methyl sites for hydroxylation is 1. The Labute approximate surface area is 202 Å². The lowest BCUT2D eigenvalue weighted by molar-refractivity contribution is 0.102. The van der Waals surface area contributed by atoms with Crippen molar-refractivity contribution in [2.75, 3.05) is 18.5 Å². The molecule has 0 saturated carbocycles. The first kappa shape index (κ1) is 22.9. The first-order valence-corrected chi connectivity index (χ1v) is 11.7. The third-order valence-corrected chi connectivity index (χ3v) is 6.59. The fourth-order valence-corrected chi connectivity index (χ4v) is 4.75. The minimum absolute atomic E-state index is 0.105. The van der Waals surface area contributed by atoms with E-state index in [0.29, 0.717) is 24.5 Å². The molecule has 0 fully saturated rings. The summed E-state index contributed by atoms with van der Waals surface area (Å²) in [5.41, 5.74) is 1.85. The third-order valence-electron chi connectivity index (χ3n) is 6.59. The number of hydrogen-bond acceptors (Lipinski definition) is 6. The summed E-state index contributed by atoms with van der Waals surface area (Å²) in [6, 6.07) is 8.10. The maximum atomic E-state index is 14.8. The second-order valence-electron chi connectivity index (χ2n) is 9.42. The van der Waals surface area contributed by atoms with Gasteiger partial charge in [0.15, 0.2) is 5.82 Å². The average molecular weight is 479 g/mol. The Balaban J connectivity index is 1.38. The zero-order chi connectivity index (χ0) is 24.7. The van der Waals surface area contributed by atoms with E-state index < -0.39 is 17.8 Å². The summed E-state index contributed by atoms with van der Waals surface area (Å²) in [5, 5.41) is 11.3. The van der Waals surface area contributed by atoms with Crippen LogP contribution in [-0.2, 0) is 29.7 Å². The minimum atomic E-state index is -0.616. The summed E-state index contributed by atoms with van der Waals surface area (Å²) in [6.07, 6.45) is 1.89. The molecule has 10 heteroatoms. The molecule has 1 N–H and O–H groups in total. The predicted octanol–water partition coefficient (Wildman–Crippen LogP) is 3.93. The molecule has 0 bridgehead atoms. The number of carbonyl (C=O) groups excluding carboxylic acids is 2. The summed E-state index contributed by atoms with van der Waals surface area (Å²) in [6.45, 7) is 6.98. The van der Waals surface area contributed by atoms with E-state index in [1.165, 1.54) is 12.1 Å². The molecule has 5 rings (SSSR count). The molecule has 9 nitrogen and oxygen atoms in total. The van der Waals surface area contributed by atoms with Crippen LogP contribution in [0, 0.1) is 5.82 Å². The van der Waals surface area contributed by atoms with Gasteiger partial charge in [-0.05, 0) is 69.0 Å². The number of nitrogens with one attached hydrogen (secondary N) is 1. The summed E-state index contributed by atoms with van der Waals surface area (Å²) < 4.78 is 22.0. The van der Waals surface area contributed by atoms with Gasteiger partial charge in [-0.2, -0.15) is 0 Å². The summed E-state index contributed by atoms with van der Waals surface area (Å²) in [7, 11) is 0. The number of carbonyl (C=O) groups is 2. The van der Waals surface area contributed by atoms with Crippen LogP contribution in [0.1, 0.15) is 54.5 Å². The van der Waals surface area contributed by atoms with Crippen LogP contribution in [0.5, 0.6) is 0 Å². The fourth-order valence-electron chi connectivity index (χ4n) is 4.75. The van der Waals surface area contributed by atoms with Gasteiger partial charge in [0.2, 0.25) is 0 Å². The summed E-state index contributed by atoms with van der Waals surface area (Å²) in [5.74, 6) is 0.604. The summed E-state index contributed by atoms with van der Waals surface area (Å²) in [4.78, 5) is 31.2. The number of anilines is 1. The van der Waals surface area contributed by atoms with Crippen molar-refractivity contribution in [3.8, 4) is 11.5 Å². The van der Waals surface area contributed by atoms with Crippen LogP contribution < -0.4 is 5.32 Å². The number of amides is 2. The molecule has 0 spiro atoms. The van der Waals surface area contributed by atoms with Gasteiger partial charge >= 0.3 is 6.09 Å². The van der Waals surface area contributed by atoms with Gasteiger partial charge < -0.3 is 19.5 Å². The van der Waals surface area contributed by atoms with E-state index in [1.807, 2.05) is 6.07 Å². The zero-order valence-electron chi connectivity index (χ0n) is 20.0. The molecule has 35 heavy (non-hydrogen) atoms.